The fourth-order valence-corrected chi connectivity index (χ4v) is 2.76. The van der Waals surface area contributed by atoms with Crippen molar-refractivity contribution in [3.8, 4) is 0 Å². The molecule has 2 heterocycles. The second-order valence-corrected chi connectivity index (χ2v) is 4.17. The molecule has 0 spiro atoms. The van der Waals surface area contributed by atoms with E-state index in [0.29, 0.717) is 18.2 Å². The Labute approximate surface area is 68.2 Å². The van der Waals surface area contributed by atoms with Crippen LogP contribution in [0.5, 0.6) is 0 Å². The van der Waals surface area contributed by atoms with Gasteiger partial charge in [0.2, 0.25) is 0 Å². The predicted molar refractivity (Wildman–Crippen MR) is 44.5 cm³/mol. The zero-order valence-corrected chi connectivity index (χ0v) is 7.21. The van der Waals surface area contributed by atoms with E-state index in [1.54, 1.807) is 0 Å². The molecule has 0 aromatic carbocycles. The van der Waals surface area contributed by atoms with Crippen molar-refractivity contribution < 1.29 is 5.11 Å². The van der Waals surface area contributed by atoms with E-state index in [1.165, 1.54) is 32.2 Å². The molecule has 0 aromatic heterocycles. The van der Waals surface area contributed by atoms with Crippen molar-refractivity contribution >= 4 is 0 Å². The maximum Gasteiger partial charge on any atom is 0.0587 e. The molecule has 0 amide bonds. The molecule has 0 aliphatic carbocycles. The molecule has 0 radical (unpaired) electrons. The summed E-state index contributed by atoms with van der Waals surface area (Å²) in [7, 11) is 0. The van der Waals surface area contributed by atoms with Gasteiger partial charge in [0, 0.05) is 11.6 Å². The molecule has 2 atom stereocenters. The average Bonchev–Trinajstić information content (AvgIpc) is 2.45. The second-order valence-electron chi connectivity index (χ2n) is 4.17. The van der Waals surface area contributed by atoms with Crippen molar-refractivity contribution in [2.24, 2.45) is 0 Å². The summed E-state index contributed by atoms with van der Waals surface area (Å²) in [5, 5.41) is 9.09. The molecule has 2 rings (SSSR count). The normalized spacial score (nSPS) is 44.7. The summed E-state index contributed by atoms with van der Waals surface area (Å²) in [6.45, 7) is 3.91. The Morgan fingerprint density at radius 1 is 1.55 bits per heavy atom. The smallest absolute Gasteiger partial charge is 0.0587 e. The van der Waals surface area contributed by atoms with Crippen molar-refractivity contribution in [2.75, 3.05) is 13.2 Å². The van der Waals surface area contributed by atoms with Crippen molar-refractivity contribution in [3.63, 3.8) is 0 Å². The van der Waals surface area contributed by atoms with Crippen LogP contribution in [0.4, 0.5) is 0 Å². The van der Waals surface area contributed by atoms with Crippen molar-refractivity contribution in [1.29, 1.82) is 0 Å². The minimum Gasteiger partial charge on any atom is -0.395 e. The molecular weight excluding hydrogens is 138 g/mol. The first kappa shape index (κ1) is 7.56. The van der Waals surface area contributed by atoms with Gasteiger partial charge in [-0.1, -0.05) is 0 Å². The number of aliphatic hydroxyl groups is 1. The highest BCUT2D eigenvalue weighted by Gasteiger charge is 2.45. The van der Waals surface area contributed by atoms with E-state index in [4.69, 9.17) is 5.11 Å². The number of aliphatic hydroxyl groups excluding tert-OH is 1. The summed E-state index contributed by atoms with van der Waals surface area (Å²) in [6.07, 6.45) is 5.15. The average molecular weight is 155 g/mol. The summed E-state index contributed by atoms with van der Waals surface area (Å²) in [5.74, 6) is 0. The molecule has 0 saturated carbocycles. The summed E-state index contributed by atoms with van der Waals surface area (Å²) >= 11 is 0. The summed E-state index contributed by atoms with van der Waals surface area (Å²) in [4.78, 5) is 2.51. The summed E-state index contributed by atoms with van der Waals surface area (Å²) in [6, 6.07) is 0.475. The fourth-order valence-electron chi connectivity index (χ4n) is 2.76. The second kappa shape index (κ2) is 2.46. The van der Waals surface area contributed by atoms with Gasteiger partial charge >= 0.3 is 0 Å². The Hall–Kier alpha value is -0.0800. The van der Waals surface area contributed by atoms with Crippen LogP contribution >= 0.6 is 0 Å². The third-order valence-electron chi connectivity index (χ3n) is 3.48. The molecule has 0 bridgehead atoms. The van der Waals surface area contributed by atoms with Crippen molar-refractivity contribution in [2.45, 2.75) is 44.2 Å². The lowest BCUT2D eigenvalue weighted by atomic mass is 9.97. The number of hydrogen-bond acceptors (Lipinski definition) is 2. The van der Waals surface area contributed by atoms with Gasteiger partial charge in [-0.3, -0.25) is 4.90 Å². The van der Waals surface area contributed by atoms with E-state index in [2.05, 4.69) is 11.8 Å². The predicted octanol–water partition coefficient (Wildman–Crippen LogP) is 0.996. The molecule has 2 saturated heterocycles. The molecule has 2 aliphatic rings. The first-order chi connectivity index (χ1) is 5.26. The zero-order chi connectivity index (χ0) is 7.90. The molecule has 2 nitrogen and oxygen atoms in total. The lowest BCUT2D eigenvalue weighted by Gasteiger charge is -2.30. The highest BCUT2D eigenvalue weighted by atomic mass is 16.3. The third kappa shape index (κ3) is 1.00. The number of hydrogen-bond donors (Lipinski definition) is 1. The molecule has 1 N–H and O–H groups in total. The number of fused-ring (bicyclic) bond motifs is 1. The Balaban J connectivity index is 2.13. The minimum absolute atomic E-state index is 0.357. The van der Waals surface area contributed by atoms with Crippen LogP contribution in [0, 0.1) is 0 Å². The van der Waals surface area contributed by atoms with Crippen LogP contribution in [-0.2, 0) is 0 Å². The van der Waals surface area contributed by atoms with E-state index in [1.807, 2.05) is 0 Å². The van der Waals surface area contributed by atoms with E-state index in [-0.39, 0.29) is 0 Å². The maximum atomic E-state index is 9.09. The van der Waals surface area contributed by atoms with Crippen LogP contribution in [0.25, 0.3) is 0 Å². The molecule has 2 unspecified atom stereocenters. The summed E-state index contributed by atoms with van der Waals surface area (Å²) < 4.78 is 0. The quantitative estimate of drug-likeness (QED) is 0.610. The van der Waals surface area contributed by atoms with Crippen LogP contribution in [0.15, 0.2) is 0 Å². The Kier molecular flexibility index (Phi) is 1.69. The lowest BCUT2D eigenvalue weighted by Crippen LogP contribution is -2.41. The van der Waals surface area contributed by atoms with Gasteiger partial charge in [0.15, 0.2) is 0 Å². The summed E-state index contributed by atoms with van der Waals surface area (Å²) in [5.41, 5.74) is 0.452. The highest BCUT2D eigenvalue weighted by molar-refractivity contribution is 5.01. The van der Waals surface area contributed by atoms with E-state index in [9.17, 15) is 0 Å². The SMILES string of the molecule is CC12CCCN1C(CO)CC2. The molecule has 0 aromatic rings. The monoisotopic (exact) mass is 155 g/mol. The van der Waals surface area contributed by atoms with Gasteiger partial charge in [0.05, 0.1) is 6.61 Å². The van der Waals surface area contributed by atoms with Crippen LogP contribution in [0.1, 0.15) is 32.6 Å². The van der Waals surface area contributed by atoms with Gasteiger partial charge in [-0.05, 0) is 39.2 Å². The Morgan fingerprint density at radius 2 is 2.36 bits per heavy atom. The zero-order valence-electron chi connectivity index (χ0n) is 7.21. The number of rotatable bonds is 1. The van der Waals surface area contributed by atoms with Crippen LogP contribution < -0.4 is 0 Å². The fraction of sp³-hybridized carbons (Fsp3) is 1.00. The van der Waals surface area contributed by atoms with Crippen LogP contribution in [-0.4, -0.2) is 34.7 Å². The van der Waals surface area contributed by atoms with Crippen molar-refractivity contribution in [3.05, 3.63) is 0 Å². The van der Waals surface area contributed by atoms with E-state index < -0.39 is 0 Å². The van der Waals surface area contributed by atoms with Gasteiger partial charge < -0.3 is 5.11 Å². The lowest BCUT2D eigenvalue weighted by molar-refractivity contribution is 0.116. The van der Waals surface area contributed by atoms with Crippen molar-refractivity contribution in [1.82, 2.24) is 4.90 Å². The first-order valence-electron chi connectivity index (χ1n) is 4.64. The molecule has 11 heavy (non-hydrogen) atoms. The van der Waals surface area contributed by atoms with E-state index in [0.717, 1.165) is 0 Å². The molecule has 2 fully saturated rings. The number of nitrogens with zero attached hydrogens (tertiary/aromatic N) is 1. The highest BCUT2D eigenvalue weighted by Crippen LogP contribution is 2.41. The maximum absolute atomic E-state index is 9.09. The Bertz CT molecular complexity index is 160. The molecule has 2 aliphatic heterocycles. The van der Waals surface area contributed by atoms with Gasteiger partial charge in [-0.25, -0.2) is 0 Å². The van der Waals surface area contributed by atoms with Gasteiger partial charge in [-0.2, -0.15) is 0 Å². The van der Waals surface area contributed by atoms with Gasteiger partial charge in [-0.15, -0.1) is 0 Å². The van der Waals surface area contributed by atoms with Gasteiger partial charge in [0.1, 0.15) is 0 Å². The first-order valence-corrected chi connectivity index (χ1v) is 4.64. The molecule has 64 valence electrons. The Morgan fingerprint density at radius 3 is 3.09 bits per heavy atom. The topological polar surface area (TPSA) is 23.5 Å². The van der Waals surface area contributed by atoms with Gasteiger partial charge in [0.25, 0.3) is 0 Å². The standard InChI is InChI=1S/C9H17NO/c1-9-4-2-6-10(9)8(7-11)3-5-9/h8,11H,2-7H2,1H3. The minimum atomic E-state index is 0.357. The van der Waals surface area contributed by atoms with Crippen LogP contribution in [0.2, 0.25) is 0 Å². The molecular formula is C9H17NO. The molecule has 2 heteroatoms. The van der Waals surface area contributed by atoms with E-state index >= 15 is 0 Å². The largest absolute Gasteiger partial charge is 0.395 e. The van der Waals surface area contributed by atoms with Crippen LogP contribution in [0.3, 0.4) is 0 Å². The third-order valence-corrected chi connectivity index (χ3v) is 3.48.